The molecule has 0 aliphatic carbocycles. The van der Waals surface area contributed by atoms with Crippen molar-refractivity contribution in [1.82, 2.24) is 0 Å². The second-order valence-electron chi connectivity index (χ2n) is 3.63. The standard InChI is InChI=1S/C13H14O3/c1-3-4-10-5-7-11(8-6-10)9(2)12(14)13(15)16/h3,5-9H,1,4H2,2H3,(H,15,16). The van der Waals surface area contributed by atoms with Crippen molar-refractivity contribution in [2.24, 2.45) is 0 Å². The summed E-state index contributed by atoms with van der Waals surface area (Å²) in [6.45, 7) is 5.23. The molecule has 1 unspecified atom stereocenters. The topological polar surface area (TPSA) is 54.4 Å². The zero-order valence-corrected chi connectivity index (χ0v) is 9.14. The van der Waals surface area contributed by atoms with Gasteiger partial charge >= 0.3 is 5.97 Å². The Morgan fingerprint density at radius 2 is 1.94 bits per heavy atom. The second-order valence-corrected chi connectivity index (χ2v) is 3.63. The van der Waals surface area contributed by atoms with Crippen LogP contribution in [0.1, 0.15) is 24.0 Å². The molecule has 0 aliphatic rings. The number of rotatable bonds is 5. The van der Waals surface area contributed by atoms with Crippen molar-refractivity contribution in [3.63, 3.8) is 0 Å². The number of hydrogen-bond acceptors (Lipinski definition) is 2. The van der Waals surface area contributed by atoms with Crippen LogP contribution in [0.4, 0.5) is 0 Å². The van der Waals surface area contributed by atoms with Crippen molar-refractivity contribution in [2.75, 3.05) is 0 Å². The Morgan fingerprint density at radius 3 is 2.38 bits per heavy atom. The summed E-state index contributed by atoms with van der Waals surface area (Å²) >= 11 is 0. The highest BCUT2D eigenvalue weighted by molar-refractivity contribution is 6.34. The van der Waals surface area contributed by atoms with Crippen LogP contribution in [0.15, 0.2) is 36.9 Å². The molecular formula is C13H14O3. The van der Waals surface area contributed by atoms with E-state index in [0.717, 1.165) is 17.5 Å². The predicted octanol–water partition coefficient (Wildman–Crippen LogP) is 2.17. The molecule has 1 N–H and O–H groups in total. The van der Waals surface area contributed by atoms with Crippen LogP contribution in [-0.4, -0.2) is 16.9 Å². The Kier molecular flexibility index (Phi) is 4.00. The third-order valence-corrected chi connectivity index (χ3v) is 2.46. The molecule has 1 rings (SSSR count). The van der Waals surface area contributed by atoms with Crippen molar-refractivity contribution in [3.05, 3.63) is 48.0 Å². The van der Waals surface area contributed by atoms with Crippen LogP contribution >= 0.6 is 0 Å². The van der Waals surface area contributed by atoms with Gasteiger partial charge < -0.3 is 5.11 Å². The van der Waals surface area contributed by atoms with E-state index in [1.165, 1.54) is 0 Å². The van der Waals surface area contributed by atoms with Gasteiger partial charge in [0.1, 0.15) is 0 Å². The van der Waals surface area contributed by atoms with Crippen molar-refractivity contribution < 1.29 is 14.7 Å². The molecular weight excluding hydrogens is 204 g/mol. The number of allylic oxidation sites excluding steroid dienone is 1. The van der Waals surface area contributed by atoms with E-state index in [1.807, 2.05) is 12.1 Å². The molecule has 0 amide bonds. The van der Waals surface area contributed by atoms with Gasteiger partial charge in [-0.05, 0) is 17.5 Å². The summed E-state index contributed by atoms with van der Waals surface area (Å²) in [5.74, 6) is -2.77. The van der Waals surface area contributed by atoms with Gasteiger partial charge in [-0.1, -0.05) is 37.3 Å². The molecule has 3 nitrogen and oxygen atoms in total. The van der Waals surface area contributed by atoms with Gasteiger partial charge in [0.25, 0.3) is 0 Å². The van der Waals surface area contributed by atoms with E-state index >= 15 is 0 Å². The Balaban J connectivity index is 2.85. The fourth-order valence-corrected chi connectivity index (χ4v) is 1.45. The first-order chi connectivity index (χ1) is 7.56. The SMILES string of the molecule is C=CCc1ccc(C(C)C(=O)C(=O)O)cc1. The quantitative estimate of drug-likeness (QED) is 0.608. The number of benzene rings is 1. The highest BCUT2D eigenvalue weighted by atomic mass is 16.4. The first-order valence-electron chi connectivity index (χ1n) is 5.03. The van der Waals surface area contributed by atoms with Gasteiger partial charge in [-0.2, -0.15) is 0 Å². The predicted molar refractivity (Wildman–Crippen MR) is 61.4 cm³/mol. The molecule has 0 aliphatic heterocycles. The molecule has 0 saturated heterocycles. The third-order valence-electron chi connectivity index (χ3n) is 2.46. The fourth-order valence-electron chi connectivity index (χ4n) is 1.45. The van der Waals surface area contributed by atoms with E-state index in [-0.39, 0.29) is 0 Å². The highest BCUT2D eigenvalue weighted by Gasteiger charge is 2.21. The highest BCUT2D eigenvalue weighted by Crippen LogP contribution is 2.17. The summed E-state index contributed by atoms with van der Waals surface area (Å²) in [7, 11) is 0. The summed E-state index contributed by atoms with van der Waals surface area (Å²) in [6, 6.07) is 7.32. The van der Waals surface area contributed by atoms with Gasteiger partial charge in [-0.15, -0.1) is 6.58 Å². The maximum Gasteiger partial charge on any atom is 0.372 e. The van der Waals surface area contributed by atoms with Crippen LogP contribution in [0.2, 0.25) is 0 Å². The lowest BCUT2D eigenvalue weighted by atomic mass is 9.95. The number of carboxylic acid groups (broad SMARTS) is 1. The molecule has 0 saturated carbocycles. The van der Waals surface area contributed by atoms with Gasteiger partial charge in [0.2, 0.25) is 5.78 Å². The van der Waals surface area contributed by atoms with E-state index in [0.29, 0.717) is 0 Å². The summed E-state index contributed by atoms with van der Waals surface area (Å²) in [6.07, 6.45) is 2.56. The first-order valence-corrected chi connectivity index (χ1v) is 5.03. The van der Waals surface area contributed by atoms with Crippen LogP contribution in [0.25, 0.3) is 0 Å². The fraction of sp³-hybridized carbons (Fsp3) is 0.231. The number of ketones is 1. The van der Waals surface area contributed by atoms with E-state index in [9.17, 15) is 9.59 Å². The molecule has 0 radical (unpaired) electrons. The zero-order chi connectivity index (χ0) is 12.1. The molecule has 1 atom stereocenters. The van der Waals surface area contributed by atoms with Crippen LogP contribution in [0, 0.1) is 0 Å². The Labute approximate surface area is 94.4 Å². The Bertz CT molecular complexity index is 404. The molecule has 16 heavy (non-hydrogen) atoms. The number of hydrogen-bond donors (Lipinski definition) is 1. The minimum absolute atomic E-state index is 0.602. The number of carbonyl (C=O) groups is 2. The summed E-state index contributed by atoms with van der Waals surface area (Å²) in [4.78, 5) is 21.8. The third kappa shape index (κ3) is 2.79. The molecule has 3 heteroatoms. The molecule has 0 fully saturated rings. The van der Waals surface area contributed by atoms with Crippen LogP contribution < -0.4 is 0 Å². The summed E-state index contributed by atoms with van der Waals surface area (Å²) in [5, 5.41) is 8.59. The van der Waals surface area contributed by atoms with Gasteiger partial charge in [-0.25, -0.2) is 4.79 Å². The second kappa shape index (κ2) is 5.26. The van der Waals surface area contributed by atoms with Crippen molar-refractivity contribution in [2.45, 2.75) is 19.3 Å². The lowest BCUT2D eigenvalue weighted by Crippen LogP contribution is -2.19. The van der Waals surface area contributed by atoms with Gasteiger partial charge in [0.15, 0.2) is 0 Å². The molecule has 0 spiro atoms. The smallest absolute Gasteiger partial charge is 0.372 e. The van der Waals surface area contributed by atoms with Gasteiger partial charge in [0.05, 0.1) is 5.92 Å². The van der Waals surface area contributed by atoms with Crippen LogP contribution in [-0.2, 0) is 16.0 Å². The summed E-state index contributed by atoms with van der Waals surface area (Å²) < 4.78 is 0. The van der Waals surface area contributed by atoms with Crippen molar-refractivity contribution >= 4 is 11.8 Å². The van der Waals surface area contributed by atoms with E-state index in [4.69, 9.17) is 5.11 Å². The van der Waals surface area contributed by atoms with E-state index in [1.54, 1.807) is 25.1 Å². The molecule has 1 aromatic carbocycles. The number of Topliss-reactive ketones (excluding diaryl/α,β-unsaturated/α-hetero) is 1. The van der Waals surface area contributed by atoms with Crippen LogP contribution in [0.3, 0.4) is 0 Å². The lowest BCUT2D eigenvalue weighted by molar-refractivity contribution is -0.149. The number of carbonyl (C=O) groups excluding carboxylic acids is 1. The minimum atomic E-state index is -1.39. The first kappa shape index (κ1) is 12.2. The van der Waals surface area contributed by atoms with Gasteiger partial charge in [0, 0.05) is 0 Å². The van der Waals surface area contributed by atoms with Crippen molar-refractivity contribution in [1.29, 1.82) is 0 Å². The minimum Gasteiger partial charge on any atom is -0.475 e. The Morgan fingerprint density at radius 1 is 1.38 bits per heavy atom. The molecule has 84 valence electrons. The normalized spacial score (nSPS) is 11.8. The zero-order valence-electron chi connectivity index (χ0n) is 9.14. The molecule has 0 bridgehead atoms. The van der Waals surface area contributed by atoms with E-state index < -0.39 is 17.7 Å². The molecule has 1 aromatic rings. The summed E-state index contributed by atoms with van der Waals surface area (Å²) in [5.41, 5.74) is 1.81. The van der Waals surface area contributed by atoms with Gasteiger partial charge in [-0.3, -0.25) is 4.79 Å². The number of aliphatic carboxylic acids is 1. The van der Waals surface area contributed by atoms with Crippen LogP contribution in [0.5, 0.6) is 0 Å². The van der Waals surface area contributed by atoms with Crippen molar-refractivity contribution in [3.8, 4) is 0 Å². The molecule has 0 aromatic heterocycles. The maximum absolute atomic E-state index is 11.2. The monoisotopic (exact) mass is 218 g/mol. The van der Waals surface area contributed by atoms with E-state index in [2.05, 4.69) is 6.58 Å². The Hall–Kier alpha value is -1.90. The maximum atomic E-state index is 11.2. The largest absolute Gasteiger partial charge is 0.475 e. The molecule has 0 heterocycles. The lowest BCUT2D eigenvalue weighted by Gasteiger charge is -2.08. The number of carboxylic acids is 1. The average molecular weight is 218 g/mol. The average Bonchev–Trinajstić information content (AvgIpc) is 2.28.